The van der Waals surface area contributed by atoms with Gasteiger partial charge in [-0.1, -0.05) is 18.7 Å². The van der Waals surface area contributed by atoms with Crippen LogP contribution in [0.2, 0.25) is 0 Å². The van der Waals surface area contributed by atoms with Crippen molar-refractivity contribution in [1.82, 2.24) is 15.3 Å². The normalized spacial score (nSPS) is 12.1. The van der Waals surface area contributed by atoms with Gasteiger partial charge in [-0.25, -0.2) is 9.97 Å². The first-order chi connectivity index (χ1) is 7.24. The molecular weight excluding hydrogens is 210 g/mol. The first kappa shape index (κ1) is 12.0. The van der Waals surface area contributed by atoms with Gasteiger partial charge in [0.2, 0.25) is 5.91 Å². The summed E-state index contributed by atoms with van der Waals surface area (Å²) in [5, 5.41) is 3.32. The summed E-state index contributed by atoms with van der Waals surface area (Å²) in [5.41, 5.74) is 0. The van der Waals surface area contributed by atoms with Crippen molar-refractivity contribution in [1.29, 1.82) is 0 Å². The number of hydrogen-bond acceptors (Lipinski definition) is 4. The van der Waals surface area contributed by atoms with Crippen LogP contribution in [0.1, 0.15) is 20.3 Å². The van der Waals surface area contributed by atoms with Crippen LogP contribution in [0.4, 0.5) is 0 Å². The van der Waals surface area contributed by atoms with Crippen molar-refractivity contribution in [3.63, 3.8) is 0 Å². The molecule has 1 rings (SSSR count). The van der Waals surface area contributed by atoms with E-state index in [-0.39, 0.29) is 11.2 Å². The number of carbonyl (C=O) groups is 1. The van der Waals surface area contributed by atoms with Crippen molar-refractivity contribution >= 4 is 17.7 Å². The van der Waals surface area contributed by atoms with Crippen LogP contribution in [-0.4, -0.2) is 27.7 Å². The lowest BCUT2D eigenvalue weighted by atomic mass is 10.4. The van der Waals surface area contributed by atoms with Gasteiger partial charge in [-0.05, 0) is 19.4 Å². The molecule has 0 saturated heterocycles. The zero-order valence-electron chi connectivity index (χ0n) is 8.93. The van der Waals surface area contributed by atoms with E-state index in [1.165, 1.54) is 11.8 Å². The average molecular weight is 225 g/mol. The number of nitrogens with zero attached hydrogens (tertiary/aromatic N) is 2. The second kappa shape index (κ2) is 6.40. The van der Waals surface area contributed by atoms with Crippen LogP contribution in [0.15, 0.2) is 23.6 Å². The van der Waals surface area contributed by atoms with Gasteiger partial charge in [0.15, 0.2) is 5.16 Å². The molecule has 0 fully saturated rings. The second-order valence-corrected chi connectivity index (χ2v) is 4.39. The fourth-order valence-electron chi connectivity index (χ4n) is 0.950. The summed E-state index contributed by atoms with van der Waals surface area (Å²) < 4.78 is 0. The summed E-state index contributed by atoms with van der Waals surface area (Å²) in [7, 11) is 0. The molecule has 0 bridgehead atoms. The molecule has 82 valence electrons. The topological polar surface area (TPSA) is 54.9 Å². The molecular formula is C10H15N3OS. The van der Waals surface area contributed by atoms with Gasteiger partial charge in [0.05, 0.1) is 5.25 Å². The maximum absolute atomic E-state index is 11.5. The molecule has 0 aliphatic rings. The number of rotatable bonds is 5. The molecule has 0 aliphatic heterocycles. The molecule has 1 unspecified atom stereocenters. The molecule has 1 aromatic rings. The molecule has 1 heterocycles. The van der Waals surface area contributed by atoms with Crippen LogP contribution >= 0.6 is 11.8 Å². The van der Waals surface area contributed by atoms with E-state index in [9.17, 15) is 4.79 Å². The lowest BCUT2D eigenvalue weighted by Gasteiger charge is -2.09. The first-order valence-corrected chi connectivity index (χ1v) is 5.83. The zero-order valence-corrected chi connectivity index (χ0v) is 9.75. The SMILES string of the molecule is CCCNC(=O)C(C)Sc1ncccn1. The van der Waals surface area contributed by atoms with Crippen molar-refractivity contribution in [2.75, 3.05) is 6.54 Å². The summed E-state index contributed by atoms with van der Waals surface area (Å²) in [6.07, 6.45) is 4.29. The number of amides is 1. The van der Waals surface area contributed by atoms with Gasteiger partial charge in [0, 0.05) is 18.9 Å². The first-order valence-electron chi connectivity index (χ1n) is 4.95. The zero-order chi connectivity index (χ0) is 11.1. The van der Waals surface area contributed by atoms with Gasteiger partial charge in [-0.15, -0.1) is 0 Å². The van der Waals surface area contributed by atoms with E-state index in [2.05, 4.69) is 15.3 Å². The third-order valence-corrected chi connectivity index (χ3v) is 2.73. The maximum atomic E-state index is 11.5. The van der Waals surface area contributed by atoms with E-state index in [1.54, 1.807) is 18.5 Å². The summed E-state index contributed by atoms with van der Waals surface area (Å²) in [6.45, 7) is 4.60. The highest BCUT2D eigenvalue weighted by atomic mass is 32.2. The lowest BCUT2D eigenvalue weighted by molar-refractivity contribution is -0.120. The summed E-state index contributed by atoms with van der Waals surface area (Å²) >= 11 is 1.37. The van der Waals surface area contributed by atoms with Gasteiger partial charge in [-0.2, -0.15) is 0 Å². The fourth-order valence-corrected chi connectivity index (χ4v) is 1.70. The van der Waals surface area contributed by atoms with Gasteiger partial charge in [0.25, 0.3) is 0 Å². The monoisotopic (exact) mass is 225 g/mol. The van der Waals surface area contributed by atoms with Gasteiger partial charge in [0.1, 0.15) is 0 Å². The highest BCUT2D eigenvalue weighted by molar-refractivity contribution is 8.00. The van der Waals surface area contributed by atoms with E-state index >= 15 is 0 Å². The maximum Gasteiger partial charge on any atom is 0.233 e. The molecule has 0 spiro atoms. The molecule has 4 nitrogen and oxygen atoms in total. The molecule has 1 amide bonds. The summed E-state index contributed by atoms with van der Waals surface area (Å²) in [4.78, 5) is 19.6. The molecule has 1 aromatic heterocycles. The highest BCUT2D eigenvalue weighted by Crippen LogP contribution is 2.17. The minimum atomic E-state index is -0.154. The van der Waals surface area contributed by atoms with Crippen LogP contribution in [0, 0.1) is 0 Å². The van der Waals surface area contributed by atoms with Crippen LogP contribution in [0.5, 0.6) is 0 Å². The number of aromatic nitrogens is 2. The Bertz CT molecular complexity index is 305. The second-order valence-electron chi connectivity index (χ2n) is 3.08. The largest absolute Gasteiger partial charge is 0.355 e. The number of nitrogens with one attached hydrogen (secondary N) is 1. The van der Waals surface area contributed by atoms with Crippen LogP contribution < -0.4 is 5.32 Å². The molecule has 0 saturated carbocycles. The number of carbonyl (C=O) groups excluding carboxylic acids is 1. The Morgan fingerprint density at radius 1 is 1.53 bits per heavy atom. The molecule has 15 heavy (non-hydrogen) atoms. The van der Waals surface area contributed by atoms with E-state index in [1.807, 2.05) is 13.8 Å². The highest BCUT2D eigenvalue weighted by Gasteiger charge is 2.14. The van der Waals surface area contributed by atoms with E-state index < -0.39 is 0 Å². The van der Waals surface area contributed by atoms with Crippen molar-refractivity contribution in [2.45, 2.75) is 30.7 Å². The standard InChI is InChI=1S/C10H15N3OS/c1-3-5-11-9(14)8(2)15-10-12-6-4-7-13-10/h4,6-8H,3,5H2,1-2H3,(H,11,14). The summed E-state index contributed by atoms with van der Waals surface area (Å²) in [5.74, 6) is 0.0364. The Morgan fingerprint density at radius 2 is 2.20 bits per heavy atom. The molecule has 1 atom stereocenters. The Balaban J connectivity index is 2.41. The predicted octanol–water partition coefficient (Wildman–Crippen LogP) is 1.48. The Hall–Kier alpha value is -1.10. The molecule has 0 aromatic carbocycles. The third kappa shape index (κ3) is 4.29. The minimum absolute atomic E-state index is 0.0364. The van der Waals surface area contributed by atoms with Crippen molar-refractivity contribution < 1.29 is 4.79 Å². The van der Waals surface area contributed by atoms with E-state index in [4.69, 9.17) is 0 Å². The Kier molecular flexibility index (Phi) is 5.10. The molecule has 0 radical (unpaired) electrons. The van der Waals surface area contributed by atoms with Crippen molar-refractivity contribution in [3.05, 3.63) is 18.5 Å². The number of thioether (sulfide) groups is 1. The third-order valence-electron chi connectivity index (χ3n) is 1.74. The smallest absolute Gasteiger partial charge is 0.233 e. The fraction of sp³-hybridized carbons (Fsp3) is 0.500. The summed E-state index contributed by atoms with van der Waals surface area (Å²) in [6, 6.07) is 1.76. The van der Waals surface area contributed by atoms with Gasteiger partial charge >= 0.3 is 0 Å². The Labute approximate surface area is 93.9 Å². The van der Waals surface area contributed by atoms with Crippen LogP contribution in [-0.2, 0) is 4.79 Å². The van der Waals surface area contributed by atoms with Gasteiger partial charge in [-0.3, -0.25) is 4.79 Å². The van der Waals surface area contributed by atoms with Crippen molar-refractivity contribution in [2.24, 2.45) is 0 Å². The van der Waals surface area contributed by atoms with Crippen LogP contribution in [0.25, 0.3) is 0 Å². The Morgan fingerprint density at radius 3 is 2.80 bits per heavy atom. The lowest BCUT2D eigenvalue weighted by Crippen LogP contribution is -2.31. The van der Waals surface area contributed by atoms with Gasteiger partial charge < -0.3 is 5.32 Å². The van der Waals surface area contributed by atoms with Crippen molar-refractivity contribution in [3.8, 4) is 0 Å². The average Bonchev–Trinajstić information content (AvgIpc) is 2.27. The van der Waals surface area contributed by atoms with Crippen LogP contribution in [0.3, 0.4) is 0 Å². The molecule has 1 N–H and O–H groups in total. The van der Waals surface area contributed by atoms with E-state index in [0.29, 0.717) is 5.16 Å². The quantitative estimate of drug-likeness (QED) is 0.609. The molecule has 0 aliphatic carbocycles. The predicted molar refractivity (Wildman–Crippen MR) is 60.7 cm³/mol. The van der Waals surface area contributed by atoms with E-state index in [0.717, 1.165) is 13.0 Å². The number of hydrogen-bond donors (Lipinski definition) is 1. The minimum Gasteiger partial charge on any atom is -0.355 e. The molecule has 5 heteroatoms.